The highest BCUT2D eigenvalue weighted by atomic mass is 35.5. The van der Waals surface area contributed by atoms with Crippen LogP contribution in [-0.2, 0) is 4.74 Å². The third-order valence-electron chi connectivity index (χ3n) is 3.62. The number of hydrogen-bond acceptors (Lipinski definition) is 3. The van der Waals surface area contributed by atoms with E-state index in [0.717, 1.165) is 49.3 Å². The van der Waals surface area contributed by atoms with Gasteiger partial charge in [-0.05, 0) is 49.9 Å². The van der Waals surface area contributed by atoms with E-state index in [0.29, 0.717) is 12.6 Å². The molecule has 1 aliphatic rings. The van der Waals surface area contributed by atoms with Crippen LogP contribution in [0.1, 0.15) is 19.8 Å². The highest BCUT2D eigenvalue weighted by molar-refractivity contribution is 6.30. The molecule has 1 atom stereocenters. The number of hydrogen-bond donors (Lipinski definition) is 1. The van der Waals surface area contributed by atoms with Crippen molar-refractivity contribution in [3.05, 3.63) is 29.3 Å². The fraction of sp³-hybridized carbons (Fsp3) is 0.600. The molecule has 2 rings (SSSR count). The molecule has 0 amide bonds. The second kappa shape index (κ2) is 7.73. The summed E-state index contributed by atoms with van der Waals surface area (Å²) in [5.41, 5.74) is 0. The van der Waals surface area contributed by atoms with Gasteiger partial charge in [0.05, 0.1) is 0 Å². The lowest BCUT2D eigenvalue weighted by atomic mass is 9.93. The smallest absolute Gasteiger partial charge is 0.119 e. The van der Waals surface area contributed by atoms with Gasteiger partial charge in [-0.2, -0.15) is 0 Å². The van der Waals surface area contributed by atoms with Gasteiger partial charge in [-0.15, -0.1) is 0 Å². The number of rotatable bonds is 6. The van der Waals surface area contributed by atoms with E-state index < -0.39 is 0 Å². The van der Waals surface area contributed by atoms with Crippen LogP contribution in [0.4, 0.5) is 0 Å². The Kier molecular flexibility index (Phi) is 5.95. The molecule has 1 N–H and O–H groups in total. The van der Waals surface area contributed by atoms with Gasteiger partial charge in [0.15, 0.2) is 0 Å². The molecule has 0 bridgehead atoms. The van der Waals surface area contributed by atoms with Crippen molar-refractivity contribution in [1.82, 2.24) is 5.32 Å². The number of halogens is 1. The van der Waals surface area contributed by atoms with Gasteiger partial charge in [0.1, 0.15) is 12.4 Å². The lowest BCUT2D eigenvalue weighted by molar-refractivity contribution is 0.0556. The van der Waals surface area contributed by atoms with Gasteiger partial charge in [0.25, 0.3) is 0 Å². The molecule has 0 aliphatic carbocycles. The summed E-state index contributed by atoms with van der Waals surface area (Å²) < 4.78 is 11.0. The molecule has 0 aromatic heterocycles. The maximum atomic E-state index is 5.82. The minimum absolute atomic E-state index is 0.526. The van der Waals surface area contributed by atoms with Crippen molar-refractivity contribution in [2.45, 2.75) is 25.8 Å². The Labute approximate surface area is 120 Å². The molecule has 1 aromatic rings. The Hall–Kier alpha value is -0.770. The topological polar surface area (TPSA) is 30.5 Å². The van der Waals surface area contributed by atoms with E-state index in [1.165, 1.54) is 0 Å². The molecule has 106 valence electrons. The fourth-order valence-electron chi connectivity index (χ4n) is 2.37. The van der Waals surface area contributed by atoms with Crippen LogP contribution in [0.2, 0.25) is 5.02 Å². The summed E-state index contributed by atoms with van der Waals surface area (Å²) in [5, 5.41) is 4.26. The molecule has 1 heterocycles. The molecule has 1 saturated heterocycles. The van der Waals surface area contributed by atoms with E-state index in [1.807, 2.05) is 24.3 Å². The minimum atomic E-state index is 0.526. The Bertz CT molecular complexity index is 363. The lowest BCUT2D eigenvalue weighted by Crippen LogP contribution is -2.38. The van der Waals surface area contributed by atoms with Gasteiger partial charge in [0, 0.05) is 30.8 Å². The lowest BCUT2D eigenvalue weighted by Gasteiger charge is -2.28. The van der Waals surface area contributed by atoms with Crippen molar-refractivity contribution >= 4 is 11.6 Å². The quantitative estimate of drug-likeness (QED) is 0.814. The van der Waals surface area contributed by atoms with Crippen LogP contribution in [0.25, 0.3) is 0 Å². The zero-order chi connectivity index (χ0) is 13.5. The monoisotopic (exact) mass is 283 g/mol. The summed E-state index contributed by atoms with van der Waals surface area (Å²) in [6, 6.07) is 8.00. The molecule has 1 aromatic carbocycles. The average molecular weight is 284 g/mol. The average Bonchev–Trinajstić information content (AvgIpc) is 2.46. The van der Waals surface area contributed by atoms with Crippen molar-refractivity contribution in [1.29, 1.82) is 0 Å². The molecule has 3 nitrogen and oxygen atoms in total. The van der Waals surface area contributed by atoms with Crippen LogP contribution in [0.5, 0.6) is 5.75 Å². The molecular weight excluding hydrogens is 262 g/mol. The third kappa shape index (κ3) is 5.01. The SMILES string of the molecule is C[C@H](NCCOc1ccc(Cl)cc1)C1CCOCC1. The van der Waals surface area contributed by atoms with E-state index in [1.54, 1.807) is 0 Å². The first-order chi connectivity index (χ1) is 9.25. The van der Waals surface area contributed by atoms with Crippen molar-refractivity contribution in [3.63, 3.8) is 0 Å². The largest absolute Gasteiger partial charge is 0.492 e. The van der Waals surface area contributed by atoms with Gasteiger partial charge in [-0.1, -0.05) is 11.6 Å². The number of nitrogens with one attached hydrogen (secondary N) is 1. The van der Waals surface area contributed by atoms with Crippen molar-refractivity contribution in [2.75, 3.05) is 26.4 Å². The molecule has 0 saturated carbocycles. The summed E-state index contributed by atoms with van der Waals surface area (Å²) in [7, 11) is 0. The summed E-state index contributed by atoms with van der Waals surface area (Å²) in [5.74, 6) is 1.59. The molecule has 4 heteroatoms. The maximum absolute atomic E-state index is 5.82. The zero-order valence-electron chi connectivity index (χ0n) is 11.4. The van der Waals surface area contributed by atoms with E-state index >= 15 is 0 Å². The Morgan fingerprint density at radius 3 is 2.68 bits per heavy atom. The van der Waals surface area contributed by atoms with Crippen molar-refractivity contribution in [3.8, 4) is 5.75 Å². The van der Waals surface area contributed by atoms with E-state index in [9.17, 15) is 0 Å². The molecule has 1 aliphatic heterocycles. The summed E-state index contributed by atoms with van der Waals surface area (Å²) in [6.45, 7) is 5.59. The van der Waals surface area contributed by atoms with Crippen LogP contribution in [0, 0.1) is 5.92 Å². The van der Waals surface area contributed by atoms with Crippen LogP contribution in [-0.4, -0.2) is 32.4 Å². The van der Waals surface area contributed by atoms with E-state index in [2.05, 4.69) is 12.2 Å². The van der Waals surface area contributed by atoms with Gasteiger partial charge < -0.3 is 14.8 Å². The first kappa shape index (κ1) is 14.6. The summed E-state index contributed by atoms with van der Waals surface area (Å²) >= 11 is 5.82. The highest BCUT2D eigenvalue weighted by Gasteiger charge is 2.19. The van der Waals surface area contributed by atoms with Gasteiger partial charge in [-0.25, -0.2) is 0 Å². The zero-order valence-corrected chi connectivity index (χ0v) is 12.2. The molecule has 0 spiro atoms. The molecular formula is C15H22ClNO2. The molecule has 19 heavy (non-hydrogen) atoms. The van der Waals surface area contributed by atoms with Crippen LogP contribution < -0.4 is 10.1 Å². The first-order valence-corrected chi connectivity index (χ1v) is 7.33. The Balaban J connectivity index is 1.62. The van der Waals surface area contributed by atoms with Gasteiger partial charge in [0.2, 0.25) is 0 Å². The van der Waals surface area contributed by atoms with E-state index in [-0.39, 0.29) is 0 Å². The normalized spacial score (nSPS) is 18.2. The molecule has 0 unspecified atom stereocenters. The molecule has 0 radical (unpaired) electrons. The van der Waals surface area contributed by atoms with Gasteiger partial charge >= 0.3 is 0 Å². The number of benzene rings is 1. The highest BCUT2D eigenvalue weighted by Crippen LogP contribution is 2.18. The predicted molar refractivity (Wildman–Crippen MR) is 78.0 cm³/mol. The van der Waals surface area contributed by atoms with E-state index in [4.69, 9.17) is 21.1 Å². The summed E-state index contributed by atoms with van der Waals surface area (Å²) in [4.78, 5) is 0. The second-order valence-corrected chi connectivity index (χ2v) is 5.43. The fourth-order valence-corrected chi connectivity index (χ4v) is 2.49. The van der Waals surface area contributed by atoms with Crippen molar-refractivity contribution in [2.24, 2.45) is 5.92 Å². The standard InChI is InChI=1S/C15H22ClNO2/c1-12(13-6-9-18-10-7-13)17-8-11-19-15-4-2-14(16)3-5-15/h2-5,12-13,17H,6-11H2,1H3/t12-/m0/s1. The first-order valence-electron chi connectivity index (χ1n) is 6.95. The summed E-state index contributed by atoms with van der Waals surface area (Å²) in [6.07, 6.45) is 2.32. The number of ether oxygens (including phenoxy) is 2. The van der Waals surface area contributed by atoms with Gasteiger partial charge in [-0.3, -0.25) is 0 Å². The molecule has 1 fully saturated rings. The Morgan fingerprint density at radius 1 is 1.32 bits per heavy atom. The second-order valence-electron chi connectivity index (χ2n) is 4.99. The Morgan fingerprint density at radius 2 is 2.00 bits per heavy atom. The third-order valence-corrected chi connectivity index (χ3v) is 3.88. The minimum Gasteiger partial charge on any atom is -0.492 e. The van der Waals surface area contributed by atoms with Crippen LogP contribution in [0.3, 0.4) is 0 Å². The predicted octanol–water partition coefficient (Wildman–Crippen LogP) is 3.12. The van der Waals surface area contributed by atoms with Crippen molar-refractivity contribution < 1.29 is 9.47 Å². The van der Waals surface area contributed by atoms with Crippen LogP contribution in [0.15, 0.2) is 24.3 Å². The maximum Gasteiger partial charge on any atom is 0.119 e. The van der Waals surface area contributed by atoms with Crippen LogP contribution >= 0.6 is 11.6 Å².